The third kappa shape index (κ3) is 4.09. The molecule has 0 radical (unpaired) electrons. The minimum atomic E-state index is 0. The van der Waals surface area contributed by atoms with E-state index in [1.165, 1.54) is 0 Å². The summed E-state index contributed by atoms with van der Waals surface area (Å²) in [5.74, 6) is 0.619. The van der Waals surface area contributed by atoms with Crippen LogP contribution in [-0.2, 0) is 19.5 Å². The molecule has 30 heavy (non-hydrogen) atoms. The van der Waals surface area contributed by atoms with Gasteiger partial charge in [0, 0.05) is 19.0 Å². The monoisotopic (exact) mass is 421 g/mol. The summed E-state index contributed by atoms with van der Waals surface area (Å²) in [6.07, 6.45) is 2.26. The molecule has 0 saturated carbocycles. The van der Waals surface area contributed by atoms with Crippen molar-refractivity contribution < 1.29 is 0 Å². The molecule has 1 N–H and O–H groups in total. The van der Waals surface area contributed by atoms with Gasteiger partial charge in [-0.2, -0.15) is 5.26 Å². The van der Waals surface area contributed by atoms with Gasteiger partial charge >= 0.3 is 0 Å². The Morgan fingerprint density at radius 1 is 1.17 bits per heavy atom. The largest absolute Gasteiger partial charge is 0.287 e. The number of hydrogen-bond acceptors (Lipinski definition) is 5. The van der Waals surface area contributed by atoms with Gasteiger partial charge in [-0.25, -0.2) is 9.99 Å². The standard InChI is InChI=1S/C23H23N5O.ClH/c1-3-6-21-20(22(29)28-15-27(2)26-23(28)25-21)13-16-9-11-17(12-10-16)19-8-5-4-7-18(19)14-24;/h4-5,7-12H,3,6,13,15H2,1-2H3,(H,25,26);1H. The van der Waals surface area contributed by atoms with E-state index in [2.05, 4.69) is 18.4 Å². The molecule has 2 heterocycles. The number of anilines is 1. The Balaban J connectivity index is 0.00000256. The lowest BCUT2D eigenvalue weighted by Gasteiger charge is -2.11. The predicted molar refractivity (Wildman–Crippen MR) is 121 cm³/mol. The molecule has 0 amide bonds. The minimum absolute atomic E-state index is 0. The fraction of sp³-hybridized carbons (Fsp3) is 0.261. The van der Waals surface area contributed by atoms with Gasteiger partial charge in [0.1, 0.15) is 0 Å². The van der Waals surface area contributed by atoms with Crippen molar-refractivity contribution in [1.29, 1.82) is 5.26 Å². The SMILES string of the molecule is CCCc1nc2n(c(=O)c1Cc1ccc(-c3ccccc3C#N)cc1)CN(C)N2.Cl. The minimum Gasteiger partial charge on any atom is -0.287 e. The van der Waals surface area contributed by atoms with Gasteiger partial charge in [-0.1, -0.05) is 55.8 Å². The van der Waals surface area contributed by atoms with Crippen molar-refractivity contribution in [2.24, 2.45) is 0 Å². The van der Waals surface area contributed by atoms with Crippen LogP contribution in [0.3, 0.4) is 0 Å². The first-order chi connectivity index (χ1) is 14.1. The number of nitrogens with zero attached hydrogens (tertiary/aromatic N) is 4. The number of rotatable bonds is 5. The number of nitrogens with one attached hydrogen (secondary N) is 1. The highest BCUT2D eigenvalue weighted by atomic mass is 35.5. The molecule has 0 fully saturated rings. The first-order valence-electron chi connectivity index (χ1n) is 9.79. The molecule has 1 aliphatic rings. The Morgan fingerprint density at radius 3 is 2.60 bits per heavy atom. The molecule has 1 aliphatic heterocycles. The number of benzene rings is 2. The van der Waals surface area contributed by atoms with Crippen molar-refractivity contribution in [2.45, 2.75) is 32.9 Å². The van der Waals surface area contributed by atoms with Crippen LogP contribution in [0.25, 0.3) is 11.1 Å². The first-order valence-corrected chi connectivity index (χ1v) is 9.79. The van der Waals surface area contributed by atoms with E-state index in [-0.39, 0.29) is 18.0 Å². The average Bonchev–Trinajstić information content (AvgIpc) is 3.12. The molecule has 2 aromatic carbocycles. The van der Waals surface area contributed by atoms with Crippen LogP contribution < -0.4 is 11.0 Å². The Labute approximate surface area is 182 Å². The van der Waals surface area contributed by atoms with E-state index in [0.717, 1.165) is 40.8 Å². The second-order valence-electron chi connectivity index (χ2n) is 7.33. The van der Waals surface area contributed by atoms with E-state index in [4.69, 9.17) is 4.98 Å². The molecule has 0 spiro atoms. The highest BCUT2D eigenvalue weighted by molar-refractivity contribution is 5.85. The van der Waals surface area contributed by atoms with Crippen LogP contribution in [0.15, 0.2) is 53.3 Å². The van der Waals surface area contributed by atoms with Crippen molar-refractivity contribution in [3.8, 4) is 17.2 Å². The summed E-state index contributed by atoms with van der Waals surface area (Å²) in [4.78, 5) is 17.8. The van der Waals surface area contributed by atoms with Gasteiger partial charge in [-0.05, 0) is 29.2 Å². The van der Waals surface area contributed by atoms with Crippen molar-refractivity contribution in [2.75, 3.05) is 12.5 Å². The van der Waals surface area contributed by atoms with E-state index < -0.39 is 0 Å². The number of aromatic nitrogens is 2. The Kier molecular flexibility index (Phi) is 6.56. The van der Waals surface area contributed by atoms with E-state index in [9.17, 15) is 10.1 Å². The molecule has 7 heteroatoms. The summed E-state index contributed by atoms with van der Waals surface area (Å²) < 4.78 is 1.69. The third-order valence-corrected chi connectivity index (χ3v) is 5.17. The number of hydrazine groups is 1. The smallest absolute Gasteiger partial charge is 0.259 e. The normalized spacial score (nSPS) is 12.6. The van der Waals surface area contributed by atoms with Gasteiger partial charge in [0.15, 0.2) is 0 Å². The van der Waals surface area contributed by atoms with Crippen LogP contribution in [0.4, 0.5) is 5.95 Å². The van der Waals surface area contributed by atoms with Crippen molar-refractivity contribution >= 4 is 18.4 Å². The first kappa shape index (κ1) is 21.6. The lowest BCUT2D eigenvalue weighted by molar-refractivity contribution is 0.365. The third-order valence-electron chi connectivity index (χ3n) is 5.17. The van der Waals surface area contributed by atoms with E-state index in [1.54, 1.807) is 4.57 Å². The zero-order chi connectivity index (χ0) is 20.4. The maximum Gasteiger partial charge on any atom is 0.259 e. The molecule has 154 valence electrons. The van der Waals surface area contributed by atoms with Gasteiger partial charge in [0.25, 0.3) is 5.56 Å². The van der Waals surface area contributed by atoms with E-state index in [0.29, 0.717) is 24.6 Å². The predicted octanol–water partition coefficient (Wildman–Crippen LogP) is 3.98. The van der Waals surface area contributed by atoms with Gasteiger partial charge in [-0.3, -0.25) is 14.8 Å². The zero-order valence-corrected chi connectivity index (χ0v) is 17.9. The van der Waals surface area contributed by atoms with E-state index in [1.807, 2.05) is 60.6 Å². The van der Waals surface area contributed by atoms with Crippen LogP contribution in [0.1, 0.15) is 35.7 Å². The molecule has 0 bridgehead atoms. The van der Waals surface area contributed by atoms with Gasteiger partial charge < -0.3 is 0 Å². The molecule has 0 aliphatic carbocycles. The maximum atomic E-state index is 13.1. The molecule has 6 nitrogen and oxygen atoms in total. The fourth-order valence-corrected chi connectivity index (χ4v) is 3.73. The second kappa shape index (κ2) is 9.12. The summed E-state index contributed by atoms with van der Waals surface area (Å²) in [5.41, 5.74) is 8.40. The van der Waals surface area contributed by atoms with E-state index >= 15 is 0 Å². The Morgan fingerprint density at radius 2 is 1.90 bits per heavy atom. The van der Waals surface area contributed by atoms with Crippen molar-refractivity contribution in [3.63, 3.8) is 0 Å². The molecular formula is C23H24ClN5O. The number of nitriles is 1. The lowest BCUT2D eigenvalue weighted by Crippen LogP contribution is -2.27. The number of fused-ring (bicyclic) bond motifs is 1. The Bertz CT molecular complexity index is 1150. The molecule has 0 unspecified atom stereocenters. The van der Waals surface area contributed by atoms with Crippen molar-refractivity contribution in [3.05, 3.63) is 81.3 Å². The number of halogens is 1. The molecule has 0 saturated heterocycles. The zero-order valence-electron chi connectivity index (χ0n) is 17.1. The van der Waals surface area contributed by atoms with Crippen LogP contribution in [0, 0.1) is 11.3 Å². The van der Waals surface area contributed by atoms with Gasteiger partial charge in [0.05, 0.1) is 24.0 Å². The average molecular weight is 422 g/mol. The second-order valence-corrected chi connectivity index (χ2v) is 7.33. The topological polar surface area (TPSA) is 74.0 Å². The van der Waals surface area contributed by atoms with Gasteiger partial charge in [-0.15, -0.1) is 12.4 Å². The summed E-state index contributed by atoms with van der Waals surface area (Å²) in [6, 6.07) is 17.9. The lowest BCUT2D eigenvalue weighted by atomic mass is 9.97. The molecule has 1 aromatic heterocycles. The van der Waals surface area contributed by atoms with Crippen LogP contribution in [0.5, 0.6) is 0 Å². The fourth-order valence-electron chi connectivity index (χ4n) is 3.73. The van der Waals surface area contributed by atoms with Crippen LogP contribution in [-0.4, -0.2) is 21.6 Å². The molecular weight excluding hydrogens is 398 g/mol. The Hall–Kier alpha value is -3.14. The number of aryl methyl sites for hydroxylation is 1. The molecule has 3 aromatic rings. The quantitative estimate of drug-likeness (QED) is 0.674. The summed E-state index contributed by atoms with van der Waals surface area (Å²) in [6.45, 7) is 2.59. The molecule has 0 atom stereocenters. The van der Waals surface area contributed by atoms with Crippen LogP contribution >= 0.6 is 12.4 Å². The van der Waals surface area contributed by atoms with Crippen LogP contribution in [0.2, 0.25) is 0 Å². The van der Waals surface area contributed by atoms with Gasteiger partial charge in [0.2, 0.25) is 5.95 Å². The maximum absolute atomic E-state index is 13.1. The molecule has 4 rings (SSSR count). The summed E-state index contributed by atoms with van der Waals surface area (Å²) >= 11 is 0. The number of hydrogen-bond donors (Lipinski definition) is 1. The summed E-state index contributed by atoms with van der Waals surface area (Å²) in [7, 11) is 1.89. The summed E-state index contributed by atoms with van der Waals surface area (Å²) in [5, 5.41) is 11.2. The highest BCUT2D eigenvalue weighted by Gasteiger charge is 2.22. The highest BCUT2D eigenvalue weighted by Crippen LogP contribution is 2.24. The van der Waals surface area contributed by atoms with Crippen molar-refractivity contribution in [1.82, 2.24) is 14.6 Å².